The van der Waals surface area contributed by atoms with Crippen LogP contribution in [-0.4, -0.2) is 55.6 Å². The SMILES string of the molecule is CCN1C(=CC2=[N+](CC)C3C(CCC4CCCCC43)S2)SC2CCC(Cl)CC21. The summed E-state index contributed by atoms with van der Waals surface area (Å²) in [6.07, 6.45) is 15.1. The van der Waals surface area contributed by atoms with Crippen molar-refractivity contribution in [2.24, 2.45) is 11.8 Å². The van der Waals surface area contributed by atoms with Crippen LogP contribution in [0.1, 0.15) is 71.6 Å². The standard InChI is InChI=1S/C23H36ClN2S2/c1-3-25-18-13-16(24)10-12-19(18)27-21(25)14-22-26(4-2)23-17-8-6-5-7-15(17)9-11-20(23)28-22/h14-20,23H,3-13H2,1-2H3/q+1. The second kappa shape index (κ2) is 8.38. The maximum Gasteiger partial charge on any atom is 0.238 e. The first-order valence-corrected chi connectivity index (χ1v) is 14.0. The first kappa shape index (κ1) is 20.1. The molecule has 0 bridgehead atoms. The summed E-state index contributed by atoms with van der Waals surface area (Å²) in [7, 11) is 0. The molecule has 2 nitrogen and oxygen atoms in total. The summed E-state index contributed by atoms with van der Waals surface area (Å²) in [4.78, 5) is 2.68. The minimum atomic E-state index is 0.377. The van der Waals surface area contributed by atoms with Crippen LogP contribution in [0.4, 0.5) is 0 Å². The molecule has 7 atom stereocenters. The molecule has 7 unspecified atom stereocenters. The molecular weight excluding hydrogens is 404 g/mol. The fourth-order valence-corrected chi connectivity index (χ4v) is 10.4. The zero-order valence-electron chi connectivity index (χ0n) is 17.5. The van der Waals surface area contributed by atoms with E-state index in [0.29, 0.717) is 11.4 Å². The molecule has 5 rings (SSSR count). The fraction of sp³-hybridized carbons (Fsp3) is 0.870. The molecular formula is C23H36ClN2S2+. The third-order valence-electron chi connectivity index (χ3n) is 8.10. The van der Waals surface area contributed by atoms with E-state index in [0.717, 1.165) is 34.9 Å². The molecule has 0 aromatic rings. The van der Waals surface area contributed by atoms with Crippen LogP contribution in [0.15, 0.2) is 11.1 Å². The lowest BCUT2D eigenvalue weighted by Gasteiger charge is -2.40. The van der Waals surface area contributed by atoms with Gasteiger partial charge in [-0.3, -0.25) is 0 Å². The predicted octanol–water partition coefficient (Wildman–Crippen LogP) is 5.94. The first-order chi connectivity index (χ1) is 13.7. The van der Waals surface area contributed by atoms with Crippen molar-refractivity contribution >= 4 is 40.2 Å². The maximum atomic E-state index is 6.54. The summed E-state index contributed by atoms with van der Waals surface area (Å²) in [5.41, 5.74) is 0. The molecule has 0 aromatic heterocycles. The van der Waals surface area contributed by atoms with Gasteiger partial charge in [0.2, 0.25) is 5.04 Å². The number of nitrogens with zero attached hydrogens (tertiary/aromatic N) is 2. The van der Waals surface area contributed by atoms with Crippen LogP contribution in [0.3, 0.4) is 0 Å². The van der Waals surface area contributed by atoms with Crippen LogP contribution in [0, 0.1) is 11.8 Å². The molecule has 0 amide bonds. The van der Waals surface area contributed by atoms with Gasteiger partial charge in [0.15, 0.2) is 6.04 Å². The van der Waals surface area contributed by atoms with E-state index < -0.39 is 0 Å². The highest BCUT2D eigenvalue weighted by atomic mass is 35.5. The molecule has 5 heteroatoms. The first-order valence-electron chi connectivity index (χ1n) is 11.8. The number of hydrogen-bond acceptors (Lipinski definition) is 3. The number of hydrogen-bond donors (Lipinski definition) is 0. The van der Waals surface area contributed by atoms with Crippen molar-refractivity contribution in [2.75, 3.05) is 13.1 Å². The van der Waals surface area contributed by atoms with Crippen molar-refractivity contribution in [3.63, 3.8) is 0 Å². The largest absolute Gasteiger partial charge is 0.362 e. The monoisotopic (exact) mass is 439 g/mol. The summed E-state index contributed by atoms with van der Waals surface area (Å²) >= 11 is 10.9. The molecule has 0 N–H and O–H groups in total. The predicted molar refractivity (Wildman–Crippen MR) is 125 cm³/mol. The second-order valence-electron chi connectivity index (χ2n) is 9.46. The number of rotatable bonds is 3. The Morgan fingerprint density at radius 1 is 1.04 bits per heavy atom. The minimum Gasteiger partial charge on any atom is -0.362 e. The van der Waals surface area contributed by atoms with Gasteiger partial charge >= 0.3 is 0 Å². The molecule has 28 heavy (non-hydrogen) atoms. The Labute approximate surface area is 184 Å². The van der Waals surface area contributed by atoms with Gasteiger partial charge in [0.1, 0.15) is 6.54 Å². The van der Waals surface area contributed by atoms with Gasteiger partial charge in [-0.25, -0.2) is 4.58 Å². The molecule has 2 aliphatic heterocycles. The van der Waals surface area contributed by atoms with Gasteiger partial charge in [-0.05, 0) is 76.5 Å². The molecule has 4 fully saturated rings. The lowest BCUT2D eigenvalue weighted by Crippen LogP contribution is -2.46. The highest BCUT2D eigenvalue weighted by Crippen LogP contribution is 2.50. The summed E-state index contributed by atoms with van der Waals surface area (Å²) in [6, 6.07) is 1.46. The van der Waals surface area contributed by atoms with Crippen LogP contribution in [0.25, 0.3) is 0 Å². The molecule has 1 saturated heterocycles. The molecule has 0 aromatic carbocycles. The van der Waals surface area contributed by atoms with Gasteiger partial charge in [-0.15, -0.1) is 23.4 Å². The Kier molecular flexibility index (Phi) is 6.02. The molecule has 0 spiro atoms. The van der Waals surface area contributed by atoms with Crippen LogP contribution in [0.5, 0.6) is 0 Å². The Balaban J connectivity index is 1.43. The quantitative estimate of drug-likeness (QED) is 0.396. The zero-order chi connectivity index (χ0) is 19.3. The van der Waals surface area contributed by atoms with Crippen LogP contribution in [-0.2, 0) is 0 Å². The Hall–Kier alpha value is 0.200. The van der Waals surface area contributed by atoms with Gasteiger partial charge in [0, 0.05) is 35.2 Å². The smallest absolute Gasteiger partial charge is 0.238 e. The fourth-order valence-electron chi connectivity index (χ4n) is 6.82. The third kappa shape index (κ3) is 3.47. The summed E-state index contributed by atoms with van der Waals surface area (Å²) < 4.78 is 2.81. The molecule has 156 valence electrons. The number of halogens is 1. The second-order valence-corrected chi connectivity index (χ2v) is 12.6. The number of thioether (sulfide) groups is 2. The Morgan fingerprint density at radius 3 is 2.68 bits per heavy atom. The van der Waals surface area contributed by atoms with Gasteiger partial charge in [-0.2, -0.15) is 0 Å². The molecule has 3 saturated carbocycles. The van der Waals surface area contributed by atoms with Gasteiger partial charge in [0.05, 0.1) is 10.3 Å². The summed E-state index contributed by atoms with van der Waals surface area (Å²) in [6.45, 7) is 6.99. The molecule has 0 radical (unpaired) electrons. The van der Waals surface area contributed by atoms with Gasteiger partial charge in [0.25, 0.3) is 0 Å². The molecule has 3 aliphatic carbocycles. The summed E-state index contributed by atoms with van der Waals surface area (Å²) in [5.74, 6) is 1.96. The highest BCUT2D eigenvalue weighted by molar-refractivity contribution is 8.15. The van der Waals surface area contributed by atoms with E-state index in [-0.39, 0.29) is 0 Å². The van der Waals surface area contributed by atoms with E-state index >= 15 is 0 Å². The highest BCUT2D eigenvalue weighted by Gasteiger charge is 2.52. The van der Waals surface area contributed by atoms with Crippen LogP contribution < -0.4 is 0 Å². The number of fused-ring (bicyclic) bond motifs is 4. The minimum absolute atomic E-state index is 0.377. The average Bonchev–Trinajstić information content (AvgIpc) is 3.24. The van der Waals surface area contributed by atoms with E-state index in [1.54, 1.807) is 5.04 Å². The van der Waals surface area contributed by atoms with Gasteiger partial charge in [-0.1, -0.05) is 12.8 Å². The lowest BCUT2D eigenvalue weighted by molar-refractivity contribution is -0.569. The average molecular weight is 440 g/mol. The van der Waals surface area contributed by atoms with Crippen LogP contribution in [0.2, 0.25) is 0 Å². The van der Waals surface area contributed by atoms with Crippen LogP contribution >= 0.6 is 35.1 Å². The topological polar surface area (TPSA) is 6.25 Å². The van der Waals surface area contributed by atoms with Crippen molar-refractivity contribution in [1.82, 2.24) is 4.90 Å². The van der Waals surface area contributed by atoms with Gasteiger partial charge < -0.3 is 4.90 Å². The van der Waals surface area contributed by atoms with E-state index in [4.69, 9.17) is 11.6 Å². The van der Waals surface area contributed by atoms with Crippen molar-refractivity contribution in [2.45, 2.75) is 99.6 Å². The number of alkyl halides is 1. The Bertz CT molecular complexity index is 663. The summed E-state index contributed by atoms with van der Waals surface area (Å²) in [5, 5.41) is 5.08. The van der Waals surface area contributed by atoms with Crippen molar-refractivity contribution in [1.29, 1.82) is 0 Å². The molecule has 2 heterocycles. The van der Waals surface area contributed by atoms with Crippen molar-refractivity contribution < 1.29 is 4.58 Å². The van der Waals surface area contributed by atoms with E-state index in [1.165, 1.54) is 69.4 Å². The van der Waals surface area contributed by atoms with Crippen molar-refractivity contribution in [3.8, 4) is 0 Å². The third-order valence-corrected chi connectivity index (χ3v) is 11.4. The maximum absolute atomic E-state index is 6.54. The lowest BCUT2D eigenvalue weighted by atomic mass is 9.68. The Morgan fingerprint density at radius 2 is 1.86 bits per heavy atom. The molecule has 5 aliphatic rings. The normalized spacial score (nSPS) is 44.6. The van der Waals surface area contributed by atoms with Crippen molar-refractivity contribution in [3.05, 3.63) is 11.1 Å². The zero-order valence-corrected chi connectivity index (χ0v) is 19.9. The van der Waals surface area contributed by atoms with E-state index in [2.05, 4.69) is 52.9 Å². The van der Waals surface area contributed by atoms with E-state index in [1.807, 2.05) is 0 Å². The van der Waals surface area contributed by atoms with E-state index in [9.17, 15) is 0 Å².